The molecule has 180 valence electrons. The molecule has 1 unspecified atom stereocenters. The Kier molecular flexibility index (Phi) is 11.6. The van der Waals surface area contributed by atoms with Crippen molar-refractivity contribution in [3.63, 3.8) is 0 Å². The van der Waals surface area contributed by atoms with Crippen LogP contribution in [0.5, 0.6) is 5.75 Å². The first kappa shape index (κ1) is 27.3. The molecule has 8 nitrogen and oxygen atoms in total. The highest BCUT2D eigenvalue weighted by molar-refractivity contribution is 5.90. The lowest BCUT2D eigenvalue weighted by Crippen LogP contribution is -2.48. The SMILES string of the molecule is CCCCCN(C(=O)CNC(=O)OC(C)(C)C)C(C(=O)NCCCC)c1cccc(O)c1. The topological polar surface area (TPSA) is 108 Å². The van der Waals surface area contributed by atoms with Crippen molar-refractivity contribution >= 4 is 17.9 Å². The highest BCUT2D eigenvalue weighted by Gasteiger charge is 2.31. The number of hydrogen-bond donors (Lipinski definition) is 3. The van der Waals surface area contributed by atoms with Crippen molar-refractivity contribution < 1.29 is 24.2 Å². The van der Waals surface area contributed by atoms with Crippen LogP contribution in [0.4, 0.5) is 4.79 Å². The van der Waals surface area contributed by atoms with Crippen molar-refractivity contribution in [1.82, 2.24) is 15.5 Å². The van der Waals surface area contributed by atoms with E-state index in [1.54, 1.807) is 32.9 Å². The Morgan fingerprint density at radius 2 is 1.75 bits per heavy atom. The van der Waals surface area contributed by atoms with E-state index < -0.39 is 23.6 Å². The van der Waals surface area contributed by atoms with E-state index in [0.29, 0.717) is 25.1 Å². The minimum absolute atomic E-state index is 0.0155. The van der Waals surface area contributed by atoms with E-state index in [0.717, 1.165) is 25.7 Å². The Morgan fingerprint density at radius 3 is 2.34 bits per heavy atom. The molecule has 0 bridgehead atoms. The van der Waals surface area contributed by atoms with E-state index in [1.165, 1.54) is 17.0 Å². The van der Waals surface area contributed by atoms with Crippen LogP contribution in [-0.4, -0.2) is 53.1 Å². The van der Waals surface area contributed by atoms with Crippen LogP contribution in [0.2, 0.25) is 0 Å². The molecule has 3 amide bonds. The van der Waals surface area contributed by atoms with Gasteiger partial charge >= 0.3 is 6.09 Å². The number of amides is 3. The van der Waals surface area contributed by atoms with Crippen molar-refractivity contribution in [2.45, 2.75) is 78.4 Å². The Balaban J connectivity index is 3.13. The van der Waals surface area contributed by atoms with Crippen molar-refractivity contribution in [2.24, 2.45) is 0 Å². The molecule has 8 heteroatoms. The second-order valence-corrected chi connectivity index (χ2v) is 8.79. The number of aromatic hydroxyl groups is 1. The van der Waals surface area contributed by atoms with Crippen LogP contribution in [0.25, 0.3) is 0 Å². The fourth-order valence-corrected chi connectivity index (χ4v) is 3.15. The Labute approximate surface area is 191 Å². The van der Waals surface area contributed by atoms with E-state index in [9.17, 15) is 19.5 Å². The second-order valence-electron chi connectivity index (χ2n) is 8.79. The van der Waals surface area contributed by atoms with E-state index in [-0.39, 0.29) is 18.2 Å². The molecule has 3 N–H and O–H groups in total. The summed E-state index contributed by atoms with van der Waals surface area (Å²) in [6, 6.07) is 5.45. The minimum Gasteiger partial charge on any atom is -0.508 e. The summed E-state index contributed by atoms with van der Waals surface area (Å²) in [7, 11) is 0. The number of ether oxygens (including phenoxy) is 1. The largest absolute Gasteiger partial charge is 0.508 e. The summed E-state index contributed by atoms with van der Waals surface area (Å²) in [5.74, 6) is -0.696. The summed E-state index contributed by atoms with van der Waals surface area (Å²) in [5.41, 5.74) is -0.168. The third kappa shape index (κ3) is 10.0. The van der Waals surface area contributed by atoms with Gasteiger partial charge in [0.05, 0.1) is 0 Å². The molecule has 0 radical (unpaired) electrons. The molecule has 0 saturated heterocycles. The van der Waals surface area contributed by atoms with E-state index in [4.69, 9.17) is 4.74 Å². The number of unbranched alkanes of at least 4 members (excludes halogenated alkanes) is 3. The van der Waals surface area contributed by atoms with Crippen LogP contribution in [-0.2, 0) is 14.3 Å². The molecule has 0 saturated carbocycles. The highest BCUT2D eigenvalue weighted by atomic mass is 16.6. The predicted molar refractivity (Wildman–Crippen MR) is 124 cm³/mol. The van der Waals surface area contributed by atoms with Gasteiger partial charge in [0.1, 0.15) is 23.9 Å². The van der Waals surface area contributed by atoms with Gasteiger partial charge in [-0.1, -0.05) is 45.2 Å². The van der Waals surface area contributed by atoms with Gasteiger partial charge in [0.25, 0.3) is 0 Å². The van der Waals surface area contributed by atoms with Crippen molar-refractivity contribution in [1.29, 1.82) is 0 Å². The molecule has 1 aromatic carbocycles. The fraction of sp³-hybridized carbons (Fsp3) is 0.625. The lowest BCUT2D eigenvalue weighted by Gasteiger charge is -2.32. The zero-order valence-electron chi connectivity index (χ0n) is 20.1. The van der Waals surface area contributed by atoms with E-state index >= 15 is 0 Å². The van der Waals surface area contributed by atoms with Gasteiger partial charge < -0.3 is 25.4 Å². The fourth-order valence-electron chi connectivity index (χ4n) is 3.15. The first-order valence-electron chi connectivity index (χ1n) is 11.4. The second kappa shape index (κ2) is 13.6. The molecule has 32 heavy (non-hydrogen) atoms. The van der Waals surface area contributed by atoms with E-state index in [1.807, 2.05) is 6.92 Å². The molecule has 0 aliphatic heterocycles. The summed E-state index contributed by atoms with van der Waals surface area (Å²) in [6.45, 7) is 9.86. The summed E-state index contributed by atoms with van der Waals surface area (Å²) in [4.78, 5) is 39.8. The number of carbonyl (C=O) groups is 3. The highest BCUT2D eigenvalue weighted by Crippen LogP contribution is 2.25. The number of hydrogen-bond acceptors (Lipinski definition) is 5. The zero-order chi connectivity index (χ0) is 24.1. The number of nitrogens with zero attached hydrogens (tertiary/aromatic N) is 1. The number of carbonyl (C=O) groups excluding carboxylic acids is 3. The van der Waals surface area contributed by atoms with Gasteiger partial charge in [-0.05, 0) is 51.3 Å². The molecule has 1 aromatic rings. The normalized spacial score (nSPS) is 12.0. The molecule has 1 rings (SSSR count). The zero-order valence-corrected chi connectivity index (χ0v) is 20.1. The summed E-state index contributed by atoms with van der Waals surface area (Å²) in [6.07, 6.45) is 3.62. The third-order valence-electron chi connectivity index (χ3n) is 4.68. The molecule has 0 aliphatic carbocycles. The van der Waals surface area contributed by atoms with E-state index in [2.05, 4.69) is 17.6 Å². The molecule has 0 spiro atoms. The Hall–Kier alpha value is -2.77. The van der Waals surface area contributed by atoms with Crippen LogP contribution in [0.1, 0.15) is 78.3 Å². The van der Waals surface area contributed by atoms with Crippen LogP contribution in [0.3, 0.4) is 0 Å². The van der Waals surface area contributed by atoms with Gasteiger partial charge in [-0.2, -0.15) is 0 Å². The maximum atomic E-state index is 13.2. The number of nitrogens with one attached hydrogen (secondary N) is 2. The molecule has 0 aliphatic rings. The molecular weight excluding hydrogens is 410 g/mol. The number of phenols is 1. The Morgan fingerprint density at radius 1 is 1.06 bits per heavy atom. The average molecular weight is 450 g/mol. The molecule has 1 atom stereocenters. The minimum atomic E-state index is -0.913. The monoisotopic (exact) mass is 449 g/mol. The quantitative estimate of drug-likeness (QED) is 0.420. The number of alkyl carbamates (subject to hydrolysis) is 1. The van der Waals surface area contributed by atoms with Gasteiger partial charge in [0.15, 0.2) is 0 Å². The lowest BCUT2D eigenvalue weighted by atomic mass is 10.0. The number of benzene rings is 1. The smallest absolute Gasteiger partial charge is 0.408 e. The summed E-state index contributed by atoms with van der Waals surface area (Å²) < 4.78 is 5.21. The molecule has 0 heterocycles. The van der Waals surface area contributed by atoms with Gasteiger partial charge in [0, 0.05) is 13.1 Å². The number of phenolic OH excluding ortho intramolecular Hbond substituents is 1. The predicted octanol–water partition coefficient (Wildman–Crippen LogP) is 3.89. The van der Waals surface area contributed by atoms with Gasteiger partial charge in [-0.15, -0.1) is 0 Å². The van der Waals surface area contributed by atoms with Crippen LogP contribution < -0.4 is 10.6 Å². The maximum Gasteiger partial charge on any atom is 0.408 e. The van der Waals surface area contributed by atoms with Crippen LogP contribution in [0.15, 0.2) is 24.3 Å². The molecule has 0 aromatic heterocycles. The summed E-state index contributed by atoms with van der Waals surface area (Å²) >= 11 is 0. The third-order valence-corrected chi connectivity index (χ3v) is 4.68. The van der Waals surface area contributed by atoms with Crippen LogP contribution in [0, 0.1) is 0 Å². The van der Waals surface area contributed by atoms with Gasteiger partial charge in [0.2, 0.25) is 11.8 Å². The molecule has 0 fully saturated rings. The average Bonchev–Trinajstić information content (AvgIpc) is 2.70. The number of rotatable bonds is 12. The van der Waals surface area contributed by atoms with Crippen LogP contribution >= 0.6 is 0 Å². The Bertz CT molecular complexity index is 745. The first-order chi connectivity index (χ1) is 15.1. The van der Waals surface area contributed by atoms with Crippen molar-refractivity contribution in [2.75, 3.05) is 19.6 Å². The van der Waals surface area contributed by atoms with Gasteiger partial charge in [-0.3, -0.25) is 9.59 Å². The van der Waals surface area contributed by atoms with Crippen molar-refractivity contribution in [3.05, 3.63) is 29.8 Å². The summed E-state index contributed by atoms with van der Waals surface area (Å²) in [5, 5.41) is 15.4. The van der Waals surface area contributed by atoms with Gasteiger partial charge in [-0.25, -0.2) is 4.79 Å². The lowest BCUT2D eigenvalue weighted by molar-refractivity contribution is -0.140. The molecular formula is C24H39N3O5. The standard InChI is InChI=1S/C24H39N3O5/c1-6-8-10-15-27(20(29)17-26-23(31)32-24(3,4)5)21(22(30)25-14-9-7-2)18-12-11-13-19(28)16-18/h11-13,16,21,28H,6-10,14-15,17H2,1-5H3,(H,25,30)(H,26,31). The first-order valence-corrected chi connectivity index (χ1v) is 11.4. The van der Waals surface area contributed by atoms with Crippen molar-refractivity contribution in [3.8, 4) is 5.75 Å². The maximum absolute atomic E-state index is 13.2.